The second-order valence-corrected chi connectivity index (χ2v) is 6.80. The summed E-state index contributed by atoms with van der Waals surface area (Å²) >= 11 is 0. The number of nitrogens with zero attached hydrogens (tertiary/aromatic N) is 1. The molecule has 1 aromatic carbocycles. The summed E-state index contributed by atoms with van der Waals surface area (Å²) in [5.74, 6) is 0.684. The van der Waals surface area contributed by atoms with Gasteiger partial charge in [0.15, 0.2) is 9.84 Å². The Kier molecular flexibility index (Phi) is 4.39. The standard InChI is InChI=1S/C15H18N2O2S/c1-12(13-7-4-3-5-8-13)11-17-15-14(20(2,18)19)9-6-10-16-15/h3-10,12H,11H2,1-2H3,(H,16,17). The van der Waals surface area contributed by atoms with E-state index in [0.717, 1.165) is 0 Å². The zero-order valence-corrected chi connectivity index (χ0v) is 12.4. The monoisotopic (exact) mass is 290 g/mol. The van der Waals surface area contributed by atoms with E-state index in [-0.39, 0.29) is 10.8 Å². The molecule has 0 aliphatic rings. The van der Waals surface area contributed by atoms with Gasteiger partial charge in [-0.25, -0.2) is 13.4 Å². The van der Waals surface area contributed by atoms with Gasteiger partial charge in [0.05, 0.1) is 0 Å². The third-order valence-corrected chi connectivity index (χ3v) is 4.24. The summed E-state index contributed by atoms with van der Waals surface area (Å²) in [6, 6.07) is 13.3. The summed E-state index contributed by atoms with van der Waals surface area (Å²) in [6.07, 6.45) is 2.78. The molecule has 0 saturated heterocycles. The molecule has 0 spiro atoms. The number of sulfone groups is 1. The smallest absolute Gasteiger partial charge is 0.179 e. The van der Waals surface area contributed by atoms with Crippen molar-refractivity contribution < 1.29 is 8.42 Å². The summed E-state index contributed by atoms with van der Waals surface area (Å²) in [5.41, 5.74) is 1.21. The van der Waals surface area contributed by atoms with Crippen LogP contribution in [0.4, 0.5) is 5.82 Å². The maximum Gasteiger partial charge on any atom is 0.179 e. The van der Waals surface area contributed by atoms with Gasteiger partial charge in [0, 0.05) is 19.0 Å². The van der Waals surface area contributed by atoms with Crippen LogP contribution in [0.3, 0.4) is 0 Å². The minimum Gasteiger partial charge on any atom is -0.368 e. The molecular weight excluding hydrogens is 272 g/mol. The molecule has 0 fully saturated rings. The van der Waals surface area contributed by atoms with Crippen LogP contribution in [0.5, 0.6) is 0 Å². The van der Waals surface area contributed by atoms with Gasteiger partial charge in [0.1, 0.15) is 10.7 Å². The van der Waals surface area contributed by atoms with E-state index in [9.17, 15) is 8.42 Å². The molecular formula is C15H18N2O2S. The van der Waals surface area contributed by atoms with Crippen molar-refractivity contribution in [3.63, 3.8) is 0 Å². The van der Waals surface area contributed by atoms with Crippen molar-refractivity contribution in [1.82, 2.24) is 4.98 Å². The average molecular weight is 290 g/mol. The van der Waals surface area contributed by atoms with Gasteiger partial charge in [-0.05, 0) is 23.6 Å². The van der Waals surface area contributed by atoms with Crippen molar-refractivity contribution in [2.75, 3.05) is 18.1 Å². The lowest BCUT2D eigenvalue weighted by atomic mass is 10.0. The highest BCUT2D eigenvalue weighted by Crippen LogP contribution is 2.20. The lowest BCUT2D eigenvalue weighted by Crippen LogP contribution is -2.13. The van der Waals surface area contributed by atoms with Crippen LogP contribution >= 0.6 is 0 Å². The Balaban J connectivity index is 2.12. The van der Waals surface area contributed by atoms with Gasteiger partial charge in [-0.15, -0.1) is 0 Å². The molecule has 1 N–H and O–H groups in total. The van der Waals surface area contributed by atoms with Crippen molar-refractivity contribution in [1.29, 1.82) is 0 Å². The average Bonchev–Trinajstić information content (AvgIpc) is 2.45. The topological polar surface area (TPSA) is 59.1 Å². The van der Waals surface area contributed by atoms with E-state index in [4.69, 9.17) is 0 Å². The van der Waals surface area contributed by atoms with E-state index in [1.54, 1.807) is 18.3 Å². The van der Waals surface area contributed by atoms with Crippen LogP contribution in [0.25, 0.3) is 0 Å². The first-order valence-corrected chi connectivity index (χ1v) is 8.31. The Bertz CT molecular complexity index is 669. The Morgan fingerprint density at radius 3 is 2.50 bits per heavy atom. The number of anilines is 1. The van der Waals surface area contributed by atoms with Crippen LogP contribution in [0, 0.1) is 0 Å². The van der Waals surface area contributed by atoms with Crippen LogP contribution in [0.1, 0.15) is 18.4 Å². The number of hydrogen-bond donors (Lipinski definition) is 1. The highest BCUT2D eigenvalue weighted by atomic mass is 32.2. The van der Waals surface area contributed by atoms with E-state index in [1.807, 2.05) is 18.2 Å². The second-order valence-electron chi connectivity index (χ2n) is 4.81. The van der Waals surface area contributed by atoms with Gasteiger partial charge in [-0.3, -0.25) is 0 Å². The number of hydrogen-bond acceptors (Lipinski definition) is 4. The summed E-state index contributed by atoms with van der Waals surface area (Å²) < 4.78 is 23.4. The minimum absolute atomic E-state index is 0.236. The lowest BCUT2D eigenvalue weighted by molar-refractivity contribution is 0.601. The fourth-order valence-corrected chi connectivity index (χ4v) is 2.77. The van der Waals surface area contributed by atoms with Gasteiger partial charge in [0.2, 0.25) is 0 Å². The second kappa shape index (κ2) is 6.05. The number of pyridine rings is 1. The Morgan fingerprint density at radius 2 is 1.85 bits per heavy atom. The van der Waals surface area contributed by atoms with Crippen molar-refractivity contribution >= 4 is 15.7 Å². The van der Waals surface area contributed by atoms with Gasteiger partial charge in [-0.1, -0.05) is 37.3 Å². The van der Waals surface area contributed by atoms with Gasteiger partial charge in [-0.2, -0.15) is 0 Å². The molecule has 0 aliphatic carbocycles. The number of rotatable bonds is 5. The summed E-state index contributed by atoms with van der Waals surface area (Å²) in [5, 5.41) is 3.13. The zero-order chi connectivity index (χ0) is 14.6. The zero-order valence-electron chi connectivity index (χ0n) is 11.6. The number of benzene rings is 1. The van der Waals surface area contributed by atoms with E-state index < -0.39 is 9.84 Å². The highest BCUT2D eigenvalue weighted by molar-refractivity contribution is 7.90. The van der Waals surface area contributed by atoms with Crippen LogP contribution in [-0.2, 0) is 9.84 Å². The van der Waals surface area contributed by atoms with E-state index in [2.05, 4.69) is 29.4 Å². The molecule has 1 unspecified atom stereocenters. The third kappa shape index (κ3) is 3.57. The molecule has 1 atom stereocenters. The molecule has 1 aromatic heterocycles. The van der Waals surface area contributed by atoms with Crippen molar-refractivity contribution in [2.45, 2.75) is 17.7 Å². The molecule has 0 saturated carbocycles. The predicted octanol–water partition coefficient (Wildman–Crippen LogP) is 2.70. The van der Waals surface area contributed by atoms with Crippen molar-refractivity contribution in [3.8, 4) is 0 Å². The molecule has 0 radical (unpaired) electrons. The SMILES string of the molecule is CC(CNc1ncccc1S(C)(=O)=O)c1ccccc1. The van der Waals surface area contributed by atoms with E-state index in [0.29, 0.717) is 12.4 Å². The molecule has 2 rings (SSSR count). The normalized spacial score (nSPS) is 12.9. The Morgan fingerprint density at radius 1 is 1.15 bits per heavy atom. The first-order valence-electron chi connectivity index (χ1n) is 6.42. The molecule has 20 heavy (non-hydrogen) atoms. The molecule has 106 valence electrons. The van der Waals surface area contributed by atoms with Crippen LogP contribution in [0.2, 0.25) is 0 Å². The van der Waals surface area contributed by atoms with Crippen LogP contribution in [-0.4, -0.2) is 26.2 Å². The number of nitrogens with one attached hydrogen (secondary N) is 1. The van der Waals surface area contributed by atoms with Gasteiger partial charge in [0.25, 0.3) is 0 Å². The van der Waals surface area contributed by atoms with E-state index >= 15 is 0 Å². The van der Waals surface area contributed by atoms with Gasteiger partial charge >= 0.3 is 0 Å². The summed E-state index contributed by atoms with van der Waals surface area (Å²) in [7, 11) is -3.27. The molecule has 0 amide bonds. The summed E-state index contributed by atoms with van der Waals surface area (Å²) in [4.78, 5) is 4.36. The van der Waals surface area contributed by atoms with Crippen molar-refractivity contribution in [3.05, 3.63) is 54.2 Å². The number of aromatic nitrogens is 1. The fourth-order valence-electron chi connectivity index (χ4n) is 1.97. The predicted molar refractivity (Wildman–Crippen MR) is 80.7 cm³/mol. The molecule has 0 bridgehead atoms. The lowest BCUT2D eigenvalue weighted by Gasteiger charge is -2.15. The van der Waals surface area contributed by atoms with E-state index in [1.165, 1.54) is 11.8 Å². The van der Waals surface area contributed by atoms with Gasteiger partial charge < -0.3 is 5.32 Å². The Labute approximate surface area is 119 Å². The molecule has 4 nitrogen and oxygen atoms in total. The first kappa shape index (κ1) is 14.5. The van der Waals surface area contributed by atoms with Crippen LogP contribution in [0.15, 0.2) is 53.6 Å². The molecule has 2 aromatic rings. The maximum absolute atomic E-state index is 11.7. The quantitative estimate of drug-likeness (QED) is 0.920. The fraction of sp³-hybridized carbons (Fsp3) is 0.267. The maximum atomic E-state index is 11.7. The molecule has 5 heteroatoms. The first-order chi connectivity index (χ1) is 9.48. The third-order valence-electron chi connectivity index (χ3n) is 3.11. The minimum atomic E-state index is -3.27. The molecule has 1 heterocycles. The highest BCUT2D eigenvalue weighted by Gasteiger charge is 2.14. The largest absolute Gasteiger partial charge is 0.368 e. The van der Waals surface area contributed by atoms with Crippen LogP contribution < -0.4 is 5.32 Å². The summed E-state index contributed by atoms with van der Waals surface area (Å²) in [6.45, 7) is 2.72. The van der Waals surface area contributed by atoms with Crippen molar-refractivity contribution in [2.24, 2.45) is 0 Å². The molecule has 0 aliphatic heterocycles. The Hall–Kier alpha value is -1.88.